The molecule has 0 fully saturated rings. The lowest BCUT2D eigenvalue weighted by Crippen LogP contribution is -2.18. The van der Waals surface area contributed by atoms with Gasteiger partial charge in [-0.3, -0.25) is 0 Å². The van der Waals surface area contributed by atoms with Crippen molar-refractivity contribution in [3.8, 4) is 39.1 Å². The molecule has 45 heavy (non-hydrogen) atoms. The Bertz CT molecular complexity index is 2470. The molecule has 2 aliphatic heterocycles. The summed E-state index contributed by atoms with van der Waals surface area (Å²) >= 11 is 0. The summed E-state index contributed by atoms with van der Waals surface area (Å²) in [6, 6.07) is 58.1. The Kier molecular flexibility index (Phi) is 5.09. The van der Waals surface area contributed by atoms with Crippen molar-refractivity contribution in [2.45, 2.75) is 6.42 Å². The standard InChI is InChI=1S/C43H28N2/c1-2-13-32(14-3-1)44-39-19-9-4-12-29(39)25-31-24-28(22-23-40(31)44)30-26-37-34-16-6-5-15-33(34)35-17-7-10-20-41(35)45-42-21-11-8-18-36(42)38(27-30)43(37)45/h1-24,26-27H,25H2. The van der Waals surface area contributed by atoms with E-state index in [4.69, 9.17) is 0 Å². The maximum Gasteiger partial charge on any atom is 0.0620 e. The molecule has 0 amide bonds. The minimum absolute atomic E-state index is 0.912. The predicted molar refractivity (Wildman–Crippen MR) is 188 cm³/mol. The van der Waals surface area contributed by atoms with Crippen LogP contribution in [0.1, 0.15) is 11.1 Å². The Balaban J connectivity index is 1.24. The highest BCUT2D eigenvalue weighted by Crippen LogP contribution is 2.49. The Morgan fingerprint density at radius 2 is 1.07 bits per heavy atom. The molecule has 2 heteroatoms. The van der Waals surface area contributed by atoms with Gasteiger partial charge >= 0.3 is 0 Å². The van der Waals surface area contributed by atoms with Crippen molar-refractivity contribution in [1.29, 1.82) is 0 Å². The zero-order valence-electron chi connectivity index (χ0n) is 24.6. The minimum atomic E-state index is 0.912. The molecule has 0 radical (unpaired) electrons. The molecular formula is C43H28N2. The number of anilines is 3. The van der Waals surface area contributed by atoms with Gasteiger partial charge in [0.15, 0.2) is 0 Å². The minimum Gasteiger partial charge on any atom is -0.310 e. The summed E-state index contributed by atoms with van der Waals surface area (Å²) in [5, 5.41) is 2.57. The molecule has 0 aliphatic carbocycles. The molecule has 7 aromatic carbocycles. The first-order valence-corrected chi connectivity index (χ1v) is 15.7. The van der Waals surface area contributed by atoms with E-state index < -0.39 is 0 Å². The van der Waals surface area contributed by atoms with Gasteiger partial charge in [0.25, 0.3) is 0 Å². The SMILES string of the molecule is c1ccc(N2c3ccccc3Cc3cc(-c4cc5c6c(c4)c4ccccc4n6-c4ccccc4-c4ccccc4-5)ccc32)cc1. The Morgan fingerprint density at radius 1 is 0.400 bits per heavy atom. The monoisotopic (exact) mass is 572 g/mol. The van der Waals surface area contributed by atoms with Gasteiger partial charge in [0.1, 0.15) is 0 Å². The van der Waals surface area contributed by atoms with Gasteiger partial charge in [-0.05, 0) is 88.0 Å². The van der Waals surface area contributed by atoms with Crippen LogP contribution in [0.3, 0.4) is 0 Å². The van der Waals surface area contributed by atoms with E-state index in [2.05, 4.69) is 167 Å². The summed E-state index contributed by atoms with van der Waals surface area (Å²) in [7, 11) is 0. The van der Waals surface area contributed by atoms with E-state index in [1.165, 1.54) is 89.1 Å². The van der Waals surface area contributed by atoms with Crippen molar-refractivity contribution in [3.05, 3.63) is 169 Å². The van der Waals surface area contributed by atoms with E-state index in [1.807, 2.05) is 0 Å². The lowest BCUT2D eigenvalue weighted by molar-refractivity contribution is 1.09. The molecule has 2 aliphatic rings. The number of para-hydroxylation sites is 4. The number of aromatic nitrogens is 1. The van der Waals surface area contributed by atoms with Gasteiger partial charge < -0.3 is 9.47 Å². The normalized spacial score (nSPS) is 12.8. The van der Waals surface area contributed by atoms with Crippen LogP contribution in [0.25, 0.3) is 60.9 Å². The largest absolute Gasteiger partial charge is 0.310 e. The van der Waals surface area contributed by atoms with Gasteiger partial charge in [-0.25, -0.2) is 0 Å². The molecule has 0 spiro atoms. The molecule has 0 saturated carbocycles. The van der Waals surface area contributed by atoms with E-state index in [0.717, 1.165) is 6.42 Å². The summed E-state index contributed by atoms with van der Waals surface area (Å²) in [6.07, 6.45) is 0.912. The van der Waals surface area contributed by atoms with Crippen molar-refractivity contribution in [1.82, 2.24) is 4.57 Å². The van der Waals surface area contributed by atoms with Crippen LogP contribution < -0.4 is 4.90 Å². The van der Waals surface area contributed by atoms with Crippen LogP contribution in [0.15, 0.2) is 158 Å². The highest BCUT2D eigenvalue weighted by atomic mass is 15.2. The Morgan fingerprint density at radius 3 is 1.93 bits per heavy atom. The number of fused-ring (bicyclic) bond motifs is 10. The summed E-state index contributed by atoms with van der Waals surface area (Å²) in [5.74, 6) is 0. The molecule has 1 aromatic heterocycles. The quantitative estimate of drug-likeness (QED) is 0.200. The summed E-state index contributed by atoms with van der Waals surface area (Å²) in [4.78, 5) is 2.41. The van der Waals surface area contributed by atoms with Gasteiger partial charge in [-0.1, -0.05) is 103 Å². The highest BCUT2D eigenvalue weighted by molar-refractivity contribution is 6.17. The number of hydrogen-bond acceptors (Lipinski definition) is 1. The number of benzene rings is 7. The van der Waals surface area contributed by atoms with Crippen molar-refractivity contribution in [2.24, 2.45) is 0 Å². The molecule has 0 unspecified atom stereocenters. The van der Waals surface area contributed by atoms with Gasteiger partial charge in [0.05, 0.1) is 16.7 Å². The third kappa shape index (κ3) is 3.51. The van der Waals surface area contributed by atoms with Crippen LogP contribution >= 0.6 is 0 Å². The van der Waals surface area contributed by atoms with E-state index in [0.29, 0.717) is 0 Å². The molecule has 0 saturated heterocycles. The van der Waals surface area contributed by atoms with E-state index in [9.17, 15) is 0 Å². The fourth-order valence-corrected chi connectivity index (χ4v) is 7.76. The van der Waals surface area contributed by atoms with E-state index in [-0.39, 0.29) is 0 Å². The lowest BCUT2D eigenvalue weighted by atomic mass is 9.89. The molecule has 0 atom stereocenters. The van der Waals surface area contributed by atoms with Crippen LogP contribution in [0.4, 0.5) is 17.1 Å². The topological polar surface area (TPSA) is 8.17 Å². The smallest absolute Gasteiger partial charge is 0.0620 e. The number of nitrogens with zero attached hydrogens (tertiary/aromatic N) is 2. The molecule has 2 nitrogen and oxygen atoms in total. The van der Waals surface area contributed by atoms with Gasteiger partial charge in [0.2, 0.25) is 0 Å². The van der Waals surface area contributed by atoms with E-state index >= 15 is 0 Å². The van der Waals surface area contributed by atoms with Crippen molar-refractivity contribution in [2.75, 3.05) is 4.90 Å². The predicted octanol–water partition coefficient (Wildman–Crippen LogP) is 11.5. The van der Waals surface area contributed by atoms with Crippen molar-refractivity contribution < 1.29 is 0 Å². The fraction of sp³-hybridized carbons (Fsp3) is 0.0233. The summed E-state index contributed by atoms with van der Waals surface area (Å²) in [5.41, 5.74) is 17.7. The average molecular weight is 573 g/mol. The third-order valence-electron chi connectivity index (χ3n) is 9.70. The number of rotatable bonds is 2. The van der Waals surface area contributed by atoms with Crippen LogP contribution in [-0.4, -0.2) is 4.57 Å². The summed E-state index contributed by atoms with van der Waals surface area (Å²) < 4.78 is 2.49. The first kappa shape index (κ1) is 24.6. The first-order valence-electron chi connectivity index (χ1n) is 15.7. The molecular weight excluding hydrogens is 544 g/mol. The molecule has 210 valence electrons. The van der Waals surface area contributed by atoms with Crippen LogP contribution in [0, 0.1) is 0 Å². The third-order valence-corrected chi connectivity index (χ3v) is 9.70. The molecule has 3 heterocycles. The molecule has 10 rings (SSSR count). The molecule has 0 N–H and O–H groups in total. The lowest BCUT2D eigenvalue weighted by Gasteiger charge is -2.33. The zero-order chi connectivity index (χ0) is 29.5. The Labute approximate surface area is 262 Å². The molecule has 0 bridgehead atoms. The van der Waals surface area contributed by atoms with Gasteiger partial charge in [-0.2, -0.15) is 0 Å². The maximum absolute atomic E-state index is 2.49. The average Bonchev–Trinajstić information content (AvgIpc) is 3.38. The maximum atomic E-state index is 2.49. The van der Waals surface area contributed by atoms with Crippen LogP contribution in [0.2, 0.25) is 0 Å². The van der Waals surface area contributed by atoms with Crippen molar-refractivity contribution >= 4 is 38.9 Å². The van der Waals surface area contributed by atoms with Crippen LogP contribution in [-0.2, 0) is 6.42 Å². The summed E-state index contributed by atoms with van der Waals surface area (Å²) in [6.45, 7) is 0. The Hall–Kier alpha value is -5.86. The zero-order valence-corrected chi connectivity index (χ0v) is 24.6. The second-order valence-electron chi connectivity index (χ2n) is 12.2. The number of hydrogen-bond donors (Lipinski definition) is 0. The highest BCUT2D eigenvalue weighted by Gasteiger charge is 2.27. The molecule has 8 aromatic rings. The van der Waals surface area contributed by atoms with Crippen molar-refractivity contribution in [3.63, 3.8) is 0 Å². The van der Waals surface area contributed by atoms with Gasteiger partial charge in [0, 0.05) is 45.4 Å². The van der Waals surface area contributed by atoms with Gasteiger partial charge in [-0.15, -0.1) is 0 Å². The van der Waals surface area contributed by atoms with E-state index in [1.54, 1.807) is 0 Å². The van der Waals surface area contributed by atoms with Crippen LogP contribution in [0.5, 0.6) is 0 Å². The first-order chi connectivity index (χ1) is 22.3. The second-order valence-corrected chi connectivity index (χ2v) is 12.2. The fourth-order valence-electron chi connectivity index (χ4n) is 7.76. The second kappa shape index (κ2) is 9.32.